The van der Waals surface area contributed by atoms with E-state index in [1.165, 1.54) is 29.5 Å². The molecular formula is C47H62N10O6S. The van der Waals surface area contributed by atoms with Crippen molar-refractivity contribution in [1.82, 2.24) is 40.4 Å². The first kappa shape index (κ1) is 46.4. The number of hydrogen-bond acceptors (Lipinski definition) is 15. The van der Waals surface area contributed by atoms with Gasteiger partial charge >= 0.3 is 0 Å². The summed E-state index contributed by atoms with van der Waals surface area (Å²) >= 11 is 1.64. The number of piperazine rings is 1. The van der Waals surface area contributed by atoms with E-state index in [-0.39, 0.29) is 23.8 Å². The molecule has 4 aliphatic heterocycles. The lowest BCUT2D eigenvalue weighted by Crippen LogP contribution is -2.61. The normalized spacial score (nSPS) is 19.3. The highest BCUT2D eigenvalue weighted by atomic mass is 32.1. The van der Waals surface area contributed by atoms with Gasteiger partial charge in [0.1, 0.15) is 18.6 Å². The van der Waals surface area contributed by atoms with Crippen molar-refractivity contribution in [3.05, 3.63) is 83.7 Å². The van der Waals surface area contributed by atoms with E-state index in [9.17, 15) is 19.8 Å². The number of carbonyl (C=O) groups excluding carboxylic acids is 2. The number of phenolic OH excluding ortho intramolecular Hbond substituents is 1. The maximum Gasteiger partial charge on any atom is 0.254 e. The number of aryl methyl sites for hydroxylation is 1. The van der Waals surface area contributed by atoms with Gasteiger partial charge in [-0.25, -0.2) is 4.98 Å². The molecule has 5 aromatic rings. The summed E-state index contributed by atoms with van der Waals surface area (Å²) in [5.41, 5.74) is 7.68. The quantitative estimate of drug-likeness (QED) is 0.109. The molecule has 64 heavy (non-hydrogen) atoms. The van der Waals surface area contributed by atoms with Crippen molar-refractivity contribution in [2.24, 2.45) is 5.92 Å². The third-order valence-corrected chi connectivity index (χ3v) is 13.2. The second kappa shape index (κ2) is 22.3. The minimum Gasteiger partial charge on any atom is -0.507 e. The summed E-state index contributed by atoms with van der Waals surface area (Å²) in [6.45, 7) is 17.0. The summed E-state index contributed by atoms with van der Waals surface area (Å²) in [6.07, 6.45) is 5.68. The highest BCUT2D eigenvalue weighted by Gasteiger charge is 2.36. The Morgan fingerprint density at radius 1 is 1.00 bits per heavy atom. The molecule has 3 fully saturated rings. The summed E-state index contributed by atoms with van der Waals surface area (Å²) in [6, 6.07) is 20.4. The Morgan fingerprint density at radius 3 is 2.47 bits per heavy atom. The third-order valence-electron chi connectivity index (χ3n) is 12.3. The smallest absolute Gasteiger partial charge is 0.254 e. The summed E-state index contributed by atoms with van der Waals surface area (Å²) in [5.74, 6) is 2.20. The zero-order valence-corrected chi connectivity index (χ0v) is 38.1. The number of aromatic hydroxyl groups is 1. The van der Waals surface area contributed by atoms with Gasteiger partial charge in [0.25, 0.3) is 5.88 Å². The van der Waals surface area contributed by atoms with Gasteiger partial charge in [0.2, 0.25) is 12.3 Å². The number of aromatic nitrogens is 4. The zero-order chi connectivity index (χ0) is 45.0. The van der Waals surface area contributed by atoms with E-state index in [1.807, 2.05) is 63.5 Å². The first-order valence-corrected chi connectivity index (χ1v) is 23.3. The number of anilines is 2. The number of fused-ring (bicyclic) bond motifs is 3. The molecule has 2 unspecified atom stereocenters. The van der Waals surface area contributed by atoms with Crippen LogP contribution in [0, 0.1) is 12.8 Å². The van der Waals surface area contributed by atoms with Gasteiger partial charge in [-0.05, 0) is 86.6 Å². The number of hydrogen-bond donors (Lipinski definition) is 4. The number of rotatable bonds is 12. The third kappa shape index (κ3) is 12.1. The highest BCUT2D eigenvalue weighted by molar-refractivity contribution is 7.13. The molecule has 0 spiro atoms. The molecule has 3 atom stereocenters. The molecule has 4 aliphatic rings. The Labute approximate surface area is 379 Å². The van der Waals surface area contributed by atoms with E-state index >= 15 is 0 Å². The fraction of sp³-hybridized carbons (Fsp3) is 0.489. The van der Waals surface area contributed by atoms with E-state index in [0.29, 0.717) is 54.7 Å². The number of aliphatic hydroxyl groups is 1. The van der Waals surface area contributed by atoms with Crippen molar-refractivity contribution in [1.29, 1.82) is 0 Å². The molecule has 0 saturated carbocycles. The summed E-state index contributed by atoms with van der Waals surface area (Å²) in [7, 11) is 0. The van der Waals surface area contributed by atoms with E-state index in [2.05, 4.69) is 63.9 Å². The second-order valence-corrected chi connectivity index (χ2v) is 18.1. The Morgan fingerprint density at radius 2 is 1.80 bits per heavy atom. The summed E-state index contributed by atoms with van der Waals surface area (Å²) < 4.78 is 10.4. The van der Waals surface area contributed by atoms with Gasteiger partial charge in [0.15, 0.2) is 5.82 Å². The van der Waals surface area contributed by atoms with Crippen LogP contribution < -0.4 is 20.3 Å². The predicted octanol–water partition coefficient (Wildman–Crippen LogP) is 5.85. The van der Waals surface area contributed by atoms with Gasteiger partial charge in [-0.3, -0.25) is 19.4 Å². The average molecular weight is 895 g/mol. The number of amides is 2. The number of likely N-dealkylation sites (tertiary alicyclic amines) is 2. The van der Waals surface area contributed by atoms with Crippen molar-refractivity contribution in [3.63, 3.8) is 0 Å². The molecule has 4 N–H and O–H groups in total. The minimum atomic E-state index is -0.291. The first-order valence-electron chi connectivity index (χ1n) is 22.4. The number of carbonyl (C=O) groups is 2. The van der Waals surface area contributed by atoms with E-state index in [4.69, 9.17) is 9.26 Å². The molecule has 0 aliphatic carbocycles. The molecular weight excluding hydrogens is 833 g/mol. The lowest BCUT2D eigenvalue weighted by Gasteiger charge is -2.49. The van der Waals surface area contributed by atoms with Crippen LogP contribution in [0.2, 0.25) is 0 Å². The van der Waals surface area contributed by atoms with Gasteiger partial charge in [-0.15, -0.1) is 21.5 Å². The first-order chi connectivity index (χ1) is 31.1. The van der Waals surface area contributed by atoms with Gasteiger partial charge in [-0.2, -0.15) is 0 Å². The molecule has 2 aromatic carbocycles. The van der Waals surface area contributed by atoms with Gasteiger partial charge in [0, 0.05) is 69.9 Å². The zero-order valence-electron chi connectivity index (χ0n) is 37.3. The topological polar surface area (TPSA) is 186 Å². The van der Waals surface area contributed by atoms with Crippen LogP contribution in [0.5, 0.6) is 11.6 Å². The number of nitrogens with zero attached hydrogens (tertiary/aromatic N) is 8. The number of β-amino-alcohol motifs (C(OH)–C–C–N with tert-alkyl or cyclic N) is 1. The van der Waals surface area contributed by atoms with Crippen LogP contribution in [0.1, 0.15) is 63.8 Å². The predicted molar refractivity (Wildman–Crippen MR) is 248 cm³/mol. The van der Waals surface area contributed by atoms with Crippen LogP contribution >= 0.6 is 11.3 Å². The van der Waals surface area contributed by atoms with Gasteiger partial charge < -0.3 is 39.9 Å². The molecule has 0 bridgehead atoms. The molecule has 3 aromatic heterocycles. The molecule has 7 heterocycles. The molecule has 9 rings (SSSR count). The largest absolute Gasteiger partial charge is 0.507 e. The number of benzene rings is 2. The van der Waals surface area contributed by atoms with E-state index in [1.54, 1.807) is 28.4 Å². The van der Waals surface area contributed by atoms with Crippen molar-refractivity contribution >= 4 is 35.2 Å². The SMILES string of the molecule is CC(C)CC(=O)N1CCC(O)C1.Cc1ncsc1-c1ccc([C@H](C)NC=O)cc1.Oc1ccccc1-c1cc2c(nn1)NCC1CN(C3CCN(CCOc4ccon4)CC3)CCN21. The van der Waals surface area contributed by atoms with Gasteiger partial charge in [-0.1, -0.05) is 50.2 Å². The Bertz CT molecular complexity index is 2230. The van der Waals surface area contributed by atoms with Crippen molar-refractivity contribution in [3.8, 4) is 33.3 Å². The second-order valence-electron chi connectivity index (χ2n) is 17.2. The molecule has 3 saturated heterocycles. The maximum absolute atomic E-state index is 11.4. The van der Waals surface area contributed by atoms with Crippen molar-refractivity contribution < 1.29 is 29.1 Å². The fourth-order valence-electron chi connectivity index (χ4n) is 8.68. The summed E-state index contributed by atoms with van der Waals surface area (Å²) in [5, 5.41) is 38.3. The highest BCUT2D eigenvalue weighted by Crippen LogP contribution is 2.37. The van der Waals surface area contributed by atoms with Crippen molar-refractivity contribution in [2.75, 3.05) is 75.7 Å². The van der Waals surface area contributed by atoms with E-state index in [0.717, 1.165) is 88.0 Å². The van der Waals surface area contributed by atoms with Crippen LogP contribution in [0.4, 0.5) is 11.5 Å². The molecule has 16 nitrogen and oxygen atoms in total. The maximum atomic E-state index is 11.4. The number of ether oxygens (including phenoxy) is 1. The van der Waals surface area contributed by atoms with Crippen LogP contribution in [-0.4, -0.2) is 141 Å². The lowest BCUT2D eigenvalue weighted by atomic mass is 9.99. The van der Waals surface area contributed by atoms with Crippen molar-refractivity contribution in [2.45, 2.75) is 77.6 Å². The van der Waals surface area contributed by atoms with Crippen LogP contribution in [0.15, 0.2) is 77.0 Å². The number of phenols is 1. The monoisotopic (exact) mass is 894 g/mol. The number of nitrogens with one attached hydrogen (secondary N) is 2. The van der Waals surface area contributed by atoms with Crippen LogP contribution in [0.25, 0.3) is 21.7 Å². The fourth-order valence-corrected chi connectivity index (χ4v) is 9.49. The minimum absolute atomic E-state index is 0.0455. The van der Waals surface area contributed by atoms with Crippen LogP contribution in [-0.2, 0) is 9.59 Å². The molecule has 17 heteroatoms. The lowest BCUT2D eigenvalue weighted by molar-refractivity contribution is -0.131. The van der Waals surface area contributed by atoms with Gasteiger partial charge in [0.05, 0.1) is 45.7 Å². The number of para-hydroxylation sites is 1. The number of piperidine rings is 1. The standard InChI is InChI=1S/C25H31N7O3.C13H14N2OS.C9H17NO2/c33-23-4-2-1-3-20(23)21-15-22-25(28-27-21)26-16-19-17-31(10-11-32(19)22)18-5-8-30(9-6-18)12-14-34-24-7-13-35-29-24;1-9(14-7-16)11-3-5-12(6-4-11)13-10(2)15-8-17-13;1-7(2)5-9(12)10-4-3-8(11)6-10/h1-4,7,13,15,18-19,33H,5-6,8-12,14,16-17H2,(H,26,28);3-9H,1-2H3,(H,14,16);7-8,11H,3-6H2,1-2H3/t;9-;/m.0./s1. The Kier molecular flexibility index (Phi) is 16.2. The Balaban J connectivity index is 0.000000174. The number of aliphatic hydroxyl groups excluding tert-OH is 1. The molecule has 2 amide bonds. The Hall–Kier alpha value is -5.62. The van der Waals surface area contributed by atoms with Crippen LogP contribution in [0.3, 0.4) is 0 Å². The summed E-state index contributed by atoms with van der Waals surface area (Å²) in [4.78, 5) is 36.6. The van der Waals surface area contributed by atoms with E-state index < -0.39 is 0 Å². The average Bonchev–Trinajstić information content (AvgIpc) is 4.10. The number of thiazole rings is 1. The molecule has 342 valence electrons. The molecule has 0 radical (unpaired) electrons.